The van der Waals surface area contributed by atoms with Gasteiger partial charge in [-0.1, -0.05) is 0 Å². The van der Waals surface area contributed by atoms with Crippen molar-refractivity contribution in [2.24, 2.45) is 0 Å². The number of aromatic nitrogens is 2. The molecule has 0 aliphatic rings. The summed E-state index contributed by atoms with van der Waals surface area (Å²) in [4.78, 5) is 16.0. The molecule has 0 N–H and O–H groups in total. The van der Waals surface area contributed by atoms with Crippen molar-refractivity contribution >= 4 is 5.78 Å². The second-order valence-corrected chi connectivity index (χ2v) is 4.09. The van der Waals surface area contributed by atoms with Gasteiger partial charge < -0.3 is 4.57 Å². The van der Waals surface area contributed by atoms with Crippen molar-refractivity contribution in [1.29, 1.82) is 0 Å². The lowest BCUT2D eigenvalue weighted by atomic mass is 10.1. The highest BCUT2D eigenvalue weighted by molar-refractivity contribution is 5.96. The van der Waals surface area contributed by atoms with E-state index in [9.17, 15) is 13.6 Å². The van der Waals surface area contributed by atoms with E-state index in [1.165, 1.54) is 6.33 Å². The molecule has 0 amide bonds. The van der Waals surface area contributed by atoms with Crippen LogP contribution in [-0.2, 0) is 6.54 Å². The summed E-state index contributed by atoms with van der Waals surface area (Å²) < 4.78 is 27.8. The molecular formula is C13H12F2N2O. The van der Waals surface area contributed by atoms with Crippen LogP contribution in [-0.4, -0.2) is 15.3 Å². The number of carbonyl (C=O) groups excluding carboxylic acids is 1. The van der Waals surface area contributed by atoms with Gasteiger partial charge in [-0.3, -0.25) is 4.79 Å². The largest absolute Gasteiger partial charge is 0.327 e. The maximum atomic E-state index is 13.4. The van der Waals surface area contributed by atoms with Crippen LogP contribution in [0.2, 0.25) is 0 Å². The molecular weight excluding hydrogens is 238 g/mol. The number of carbonyl (C=O) groups is 1. The quantitative estimate of drug-likeness (QED) is 0.785. The maximum Gasteiger partial charge on any atom is 0.185 e. The van der Waals surface area contributed by atoms with Crippen LogP contribution < -0.4 is 0 Å². The van der Waals surface area contributed by atoms with E-state index in [-0.39, 0.29) is 12.1 Å². The summed E-state index contributed by atoms with van der Waals surface area (Å²) in [5.41, 5.74) is 1.57. The van der Waals surface area contributed by atoms with Gasteiger partial charge in [0.1, 0.15) is 11.6 Å². The highest BCUT2D eigenvalue weighted by atomic mass is 19.1. The van der Waals surface area contributed by atoms with Gasteiger partial charge in [-0.15, -0.1) is 0 Å². The fraction of sp³-hybridized carbons (Fsp3) is 0.231. The summed E-state index contributed by atoms with van der Waals surface area (Å²) in [5, 5.41) is 0. The number of hydrogen-bond donors (Lipinski definition) is 0. The lowest BCUT2D eigenvalue weighted by Crippen LogP contribution is -2.12. The molecule has 0 aliphatic carbocycles. The van der Waals surface area contributed by atoms with Crippen LogP contribution in [0.5, 0.6) is 0 Å². The lowest BCUT2D eigenvalue weighted by molar-refractivity contribution is 0.0967. The highest BCUT2D eigenvalue weighted by Gasteiger charge is 2.14. The fourth-order valence-electron chi connectivity index (χ4n) is 1.66. The number of halogens is 2. The summed E-state index contributed by atoms with van der Waals surface area (Å²) in [7, 11) is 0. The van der Waals surface area contributed by atoms with Crippen molar-refractivity contribution in [3.05, 3.63) is 53.1 Å². The molecule has 2 rings (SSSR count). The van der Waals surface area contributed by atoms with Crippen molar-refractivity contribution in [3.63, 3.8) is 0 Å². The third-order valence-corrected chi connectivity index (χ3v) is 2.89. The van der Waals surface area contributed by atoms with Gasteiger partial charge in [0, 0.05) is 11.8 Å². The molecule has 0 aliphatic heterocycles. The Hall–Kier alpha value is -2.04. The van der Waals surface area contributed by atoms with Crippen LogP contribution in [0, 0.1) is 25.5 Å². The van der Waals surface area contributed by atoms with Crippen molar-refractivity contribution < 1.29 is 13.6 Å². The minimum Gasteiger partial charge on any atom is -0.327 e. The number of nitrogens with zero attached hydrogens (tertiary/aromatic N) is 2. The summed E-state index contributed by atoms with van der Waals surface area (Å²) in [6, 6.07) is 2.94. The zero-order valence-corrected chi connectivity index (χ0v) is 10.1. The number of Topliss-reactive ketones (excluding diaryl/α,β-unsaturated/α-hetero) is 1. The Morgan fingerprint density at radius 3 is 2.61 bits per heavy atom. The number of ketones is 1. The van der Waals surface area contributed by atoms with Crippen LogP contribution in [0.4, 0.5) is 8.78 Å². The standard InChI is InChI=1S/C13H12F2N2O/c1-8-9(2)17(7-16-8)6-13(18)11-4-3-10(14)5-12(11)15/h3-5,7H,6H2,1-2H3. The molecule has 0 radical (unpaired) electrons. The maximum absolute atomic E-state index is 13.4. The highest BCUT2D eigenvalue weighted by Crippen LogP contribution is 2.12. The summed E-state index contributed by atoms with van der Waals surface area (Å²) in [6.45, 7) is 3.65. The Morgan fingerprint density at radius 2 is 2.06 bits per heavy atom. The number of benzene rings is 1. The third-order valence-electron chi connectivity index (χ3n) is 2.89. The first-order valence-corrected chi connectivity index (χ1v) is 5.45. The van der Waals surface area contributed by atoms with Crippen LogP contribution in [0.1, 0.15) is 21.7 Å². The normalized spacial score (nSPS) is 10.7. The molecule has 0 saturated heterocycles. The molecule has 1 aromatic carbocycles. The molecule has 3 nitrogen and oxygen atoms in total. The Labute approximate surface area is 103 Å². The molecule has 5 heteroatoms. The van der Waals surface area contributed by atoms with Gasteiger partial charge in [-0.05, 0) is 26.0 Å². The molecule has 0 fully saturated rings. The molecule has 1 heterocycles. The first-order valence-electron chi connectivity index (χ1n) is 5.45. The number of imidazole rings is 1. The number of hydrogen-bond acceptors (Lipinski definition) is 2. The van der Waals surface area contributed by atoms with Gasteiger partial charge in [-0.2, -0.15) is 0 Å². The Balaban J connectivity index is 2.25. The second kappa shape index (κ2) is 4.68. The van der Waals surface area contributed by atoms with Crippen LogP contribution in [0.25, 0.3) is 0 Å². The Bertz CT molecular complexity index is 605. The van der Waals surface area contributed by atoms with Crippen molar-refractivity contribution in [2.75, 3.05) is 0 Å². The van der Waals surface area contributed by atoms with Gasteiger partial charge >= 0.3 is 0 Å². The van der Waals surface area contributed by atoms with Crippen molar-refractivity contribution in [3.8, 4) is 0 Å². The monoisotopic (exact) mass is 250 g/mol. The molecule has 1 aromatic heterocycles. The van der Waals surface area contributed by atoms with Gasteiger partial charge in [0.2, 0.25) is 0 Å². The molecule has 0 bridgehead atoms. The van der Waals surface area contributed by atoms with Crippen molar-refractivity contribution in [1.82, 2.24) is 9.55 Å². The zero-order chi connectivity index (χ0) is 13.3. The van der Waals surface area contributed by atoms with Gasteiger partial charge in [0.15, 0.2) is 5.78 Å². The minimum absolute atomic E-state index is 0.00474. The zero-order valence-electron chi connectivity index (χ0n) is 10.1. The molecule has 18 heavy (non-hydrogen) atoms. The van der Waals surface area contributed by atoms with Crippen LogP contribution >= 0.6 is 0 Å². The first kappa shape index (κ1) is 12.4. The number of aryl methyl sites for hydroxylation is 1. The topological polar surface area (TPSA) is 34.9 Å². The molecule has 0 unspecified atom stereocenters. The average molecular weight is 250 g/mol. The van der Waals surface area contributed by atoms with Crippen LogP contribution in [0.3, 0.4) is 0 Å². The van der Waals surface area contributed by atoms with Crippen LogP contribution in [0.15, 0.2) is 24.5 Å². The van der Waals surface area contributed by atoms with Crippen molar-refractivity contribution in [2.45, 2.75) is 20.4 Å². The Morgan fingerprint density at radius 1 is 1.33 bits per heavy atom. The van der Waals surface area contributed by atoms with Gasteiger partial charge in [-0.25, -0.2) is 13.8 Å². The predicted octanol–water partition coefficient (Wildman–Crippen LogP) is 2.66. The minimum atomic E-state index is -0.838. The van der Waals surface area contributed by atoms with E-state index in [1.807, 2.05) is 13.8 Å². The Kier molecular flexibility index (Phi) is 3.23. The van der Waals surface area contributed by atoms with E-state index in [4.69, 9.17) is 0 Å². The SMILES string of the molecule is Cc1ncn(CC(=O)c2ccc(F)cc2F)c1C. The third kappa shape index (κ3) is 2.30. The van der Waals surface area contributed by atoms with E-state index in [0.29, 0.717) is 6.07 Å². The first-order chi connectivity index (χ1) is 8.49. The van der Waals surface area contributed by atoms with Gasteiger partial charge in [0.05, 0.1) is 24.1 Å². The summed E-state index contributed by atoms with van der Waals surface area (Å²) in [5.74, 6) is -1.94. The second-order valence-electron chi connectivity index (χ2n) is 4.09. The van der Waals surface area contributed by atoms with E-state index in [0.717, 1.165) is 23.5 Å². The molecule has 0 saturated carbocycles. The fourth-order valence-corrected chi connectivity index (χ4v) is 1.66. The molecule has 0 spiro atoms. The van der Waals surface area contributed by atoms with E-state index < -0.39 is 17.4 Å². The molecule has 2 aromatic rings. The molecule has 0 atom stereocenters. The van der Waals surface area contributed by atoms with E-state index in [1.54, 1.807) is 4.57 Å². The lowest BCUT2D eigenvalue weighted by Gasteiger charge is -2.06. The summed E-state index contributed by atoms with van der Waals surface area (Å²) >= 11 is 0. The summed E-state index contributed by atoms with van der Waals surface area (Å²) in [6.07, 6.45) is 1.53. The smallest absolute Gasteiger partial charge is 0.185 e. The van der Waals surface area contributed by atoms with Gasteiger partial charge in [0.25, 0.3) is 0 Å². The molecule has 94 valence electrons. The van der Waals surface area contributed by atoms with E-state index >= 15 is 0 Å². The predicted molar refractivity (Wildman–Crippen MR) is 62.4 cm³/mol. The number of rotatable bonds is 3. The van der Waals surface area contributed by atoms with E-state index in [2.05, 4.69) is 4.98 Å². The average Bonchev–Trinajstić information content (AvgIpc) is 2.61.